The van der Waals surface area contributed by atoms with Crippen molar-refractivity contribution < 1.29 is 9.59 Å². The lowest BCUT2D eigenvalue weighted by atomic mass is 10.1. The summed E-state index contributed by atoms with van der Waals surface area (Å²) in [5, 5.41) is 13.9. The van der Waals surface area contributed by atoms with Crippen LogP contribution in [0, 0.1) is 6.92 Å². The van der Waals surface area contributed by atoms with Gasteiger partial charge in [0.05, 0.1) is 0 Å². The predicted octanol–water partition coefficient (Wildman–Crippen LogP) is 2.38. The Morgan fingerprint density at radius 3 is 2.75 bits per heavy atom. The molecule has 0 aliphatic heterocycles. The van der Waals surface area contributed by atoms with Crippen LogP contribution in [0.5, 0.6) is 0 Å². The minimum Gasteiger partial charge on any atom is -0.330 e. The molecular weight excluding hydrogens is 346 g/mol. The minimum absolute atomic E-state index is 0.0848. The van der Waals surface area contributed by atoms with Gasteiger partial charge in [0.15, 0.2) is 4.34 Å². The standard InChI is InChI=1S/C15H19N5O2S2/c1-9-7-12(18-13(22)5-6-16)4-3-11(9)8-23-15-20-19-14(24-15)17-10(2)21/h3-4,7H,5-6,8,16H2,1-2H3,(H,18,22)(H,17,19,21). The molecule has 2 rings (SSSR count). The molecule has 0 saturated heterocycles. The first-order valence-corrected chi connectivity index (χ1v) is 9.11. The zero-order chi connectivity index (χ0) is 17.5. The maximum absolute atomic E-state index is 11.6. The van der Waals surface area contributed by atoms with Crippen molar-refractivity contribution in [3.8, 4) is 0 Å². The Hall–Kier alpha value is -1.97. The molecule has 4 N–H and O–H groups in total. The lowest BCUT2D eigenvalue weighted by molar-refractivity contribution is -0.116. The topological polar surface area (TPSA) is 110 Å². The highest BCUT2D eigenvalue weighted by Gasteiger charge is 2.08. The van der Waals surface area contributed by atoms with E-state index in [9.17, 15) is 9.59 Å². The van der Waals surface area contributed by atoms with Crippen LogP contribution in [-0.4, -0.2) is 28.6 Å². The van der Waals surface area contributed by atoms with Crippen LogP contribution >= 0.6 is 23.1 Å². The number of nitrogens with one attached hydrogen (secondary N) is 2. The van der Waals surface area contributed by atoms with Crippen LogP contribution < -0.4 is 16.4 Å². The highest BCUT2D eigenvalue weighted by Crippen LogP contribution is 2.29. The summed E-state index contributed by atoms with van der Waals surface area (Å²) in [7, 11) is 0. The van der Waals surface area contributed by atoms with E-state index < -0.39 is 0 Å². The highest BCUT2D eigenvalue weighted by molar-refractivity contribution is 8.00. The number of anilines is 2. The third-order valence-corrected chi connectivity index (χ3v) is 5.06. The van der Waals surface area contributed by atoms with Gasteiger partial charge >= 0.3 is 0 Å². The molecule has 24 heavy (non-hydrogen) atoms. The summed E-state index contributed by atoms with van der Waals surface area (Å²) in [5.41, 5.74) is 8.36. The van der Waals surface area contributed by atoms with Gasteiger partial charge in [-0.15, -0.1) is 10.2 Å². The Labute approximate surface area is 148 Å². The van der Waals surface area contributed by atoms with Crippen LogP contribution in [0.4, 0.5) is 10.8 Å². The lowest BCUT2D eigenvalue weighted by Gasteiger charge is -2.09. The molecule has 1 aromatic heterocycles. The molecule has 0 bridgehead atoms. The number of benzene rings is 1. The first-order valence-electron chi connectivity index (χ1n) is 7.31. The highest BCUT2D eigenvalue weighted by atomic mass is 32.2. The van der Waals surface area contributed by atoms with Gasteiger partial charge < -0.3 is 16.4 Å². The number of hydrogen-bond acceptors (Lipinski definition) is 7. The summed E-state index contributed by atoms with van der Waals surface area (Å²) in [4.78, 5) is 22.5. The van der Waals surface area contributed by atoms with Crippen molar-refractivity contribution >= 4 is 45.7 Å². The van der Waals surface area contributed by atoms with Gasteiger partial charge in [-0.2, -0.15) is 0 Å². The molecule has 0 radical (unpaired) electrons. The van der Waals surface area contributed by atoms with Crippen molar-refractivity contribution in [1.29, 1.82) is 0 Å². The van der Waals surface area contributed by atoms with Gasteiger partial charge in [0.1, 0.15) is 0 Å². The number of nitrogens with zero attached hydrogens (tertiary/aromatic N) is 2. The molecule has 2 aromatic rings. The molecule has 1 aromatic carbocycles. The average Bonchev–Trinajstić information content (AvgIpc) is 2.93. The van der Waals surface area contributed by atoms with E-state index in [2.05, 4.69) is 20.8 Å². The summed E-state index contributed by atoms with van der Waals surface area (Å²) in [6.45, 7) is 3.77. The van der Waals surface area contributed by atoms with Crippen LogP contribution in [0.1, 0.15) is 24.5 Å². The summed E-state index contributed by atoms with van der Waals surface area (Å²) in [6, 6.07) is 5.80. The van der Waals surface area contributed by atoms with E-state index in [0.29, 0.717) is 18.1 Å². The van der Waals surface area contributed by atoms with Crippen molar-refractivity contribution in [3.63, 3.8) is 0 Å². The number of aryl methyl sites for hydroxylation is 1. The van der Waals surface area contributed by atoms with Crippen LogP contribution in [0.3, 0.4) is 0 Å². The second-order valence-electron chi connectivity index (χ2n) is 5.07. The molecule has 128 valence electrons. The van der Waals surface area contributed by atoms with E-state index >= 15 is 0 Å². The average molecular weight is 365 g/mol. The van der Waals surface area contributed by atoms with Gasteiger partial charge in [-0.05, 0) is 30.2 Å². The third-order valence-electron chi connectivity index (χ3n) is 3.04. The fourth-order valence-electron chi connectivity index (χ4n) is 1.90. The number of rotatable bonds is 7. The molecule has 7 nitrogen and oxygen atoms in total. The Morgan fingerprint density at radius 1 is 1.29 bits per heavy atom. The number of nitrogens with two attached hydrogens (primary N) is 1. The molecule has 0 saturated carbocycles. The Bertz CT molecular complexity index is 732. The second-order valence-corrected chi connectivity index (χ2v) is 7.27. The smallest absolute Gasteiger partial charge is 0.225 e. The quantitative estimate of drug-likeness (QED) is 0.513. The summed E-state index contributed by atoms with van der Waals surface area (Å²) in [6.07, 6.45) is 0.310. The lowest BCUT2D eigenvalue weighted by Crippen LogP contribution is -2.16. The first kappa shape index (κ1) is 18.4. The van der Waals surface area contributed by atoms with Gasteiger partial charge in [-0.1, -0.05) is 29.2 Å². The van der Waals surface area contributed by atoms with E-state index in [1.807, 2.05) is 25.1 Å². The number of thioether (sulfide) groups is 1. The number of hydrogen-bond donors (Lipinski definition) is 3. The number of carbonyl (C=O) groups is 2. The van der Waals surface area contributed by atoms with E-state index in [-0.39, 0.29) is 11.8 Å². The largest absolute Gasteiger partial charge is 0.330 e. The van der Waals surface area contributed by atoms with E-state index in [0.717, 1.165) is 26.9 Å². The van der Waals surface area contributed by atoms with Crippen LogP contribution in [-0.2, 0) is 15.3 Å². The monoisotopic (exact) mass is 365 g/mol. The fraction of sp³-hybridized carbons (Fsp3) is 0.333. The van der Waals surface area contributed by atoms with Gasteiger partial charge in [0, 0.05) is 31.3 Å². The summed E-state index contributed by atoms with van der Waals surface area (Å²) in [5.74, 6) is 0.488. The van der Waals surface area contributed by atoms with E-state index in [1.165, 1.54) is 18.3 Å². The Balaban J connectivity index is 1.94. The Morgan fingerprint density at radius 2 is 2.08 bits per heavy atom. The van der Waals surface area contributed by atoms with E-state index in [1.54, 1.807) is 11.8 Å². The molecular formula is C15H19N5O2S2. The molecule has 0 unspecified atom stereocenters. The van der Waals surface area contributed by atoms with Crippen LogP contribution in [0.25, 0.3) is 0 Å². The molecule has 0 aliphatic rings. The molecule has 9 heteroatoms. The molecule has 0 atom stereocenters. The SMILES string of the molecule is CC(=O)Nc1nnc(SCc2ccc(NC(=O)CCN)cc2C)s1. The van der Waals surface area contributed by atoms with Crippen LogP contribution in [0.15, 0.2) is 22.5 Å². The third kappa shape index (κ3) is 5.59. The van der Waals surface area contributed by atoms with Crippen LogP contribution in [0.2, 0.25) is 0 Å². The molecule has 2 amide bonds. The molecule has 0 aliphatic carbocycles. The summed E-state index contributed by atoms with van der Waals surface area (Å²) < 4.78 is 0.790. The molecule has 0 fully saturated rings. The zero-order valence-corrected chi connectivity index (χ0v) is 15.1. The number of carbonyl (C=O) groups excluding carboxylic acids is 2. The maximum atomic E-state index is 11.6. The first-order chi connectivity index (χ1) is 11.5. The predicted molar refractivity (Wildman–Crippen MR) is 97.3 cm³/mol. The van der Waals surface area contributed by atoms with Gasteiger partial charge in [-0.25, -0.2) is 0 Å². The zero-order valence-electron chi connectivity index (χ0n) is 13.5. The van der Waals surface area contributed by atoms with E-state index in [4.69, 9.17) is 5.73 Å². The van der Waals surface area contributed by atoms with Crippen molar-refractivity contribution in [2.75, 3.05) is 17.2 Å². The normalized spacial score (nSPS) is 10.5. The van der Waals surface area contributed by atoms with Crippen molar-refractivity contribution in [1.82, 2.24) is 10.2 Å². The van der Waals surface area contributed by atoms with Crippen molar-refractivity contribution in [2.24, 2.45) is 5.73 Å². The molecule has 1 heterocycles. The van der Waals surface area contributed by atoms with Gasteiger partial charge in [-0.3, -0.25) is 9.59 Å². The number of aromatic nitrogens is 2. The molecule has 0 spiro atoms. The number of amides is 2. The van der Waals surface area contributed by atoms with Crippen molar-refractivity contribution in [2.45, 2.75) is 30.4 Å². The van der Waals surface area contributed by atoms with Crippen molar-refractivity contribution in [3.05, 3.63) is 29.3 Å². The second kappa shape index (κ2) is 8.76. The maximum Gasteiger partial charge on any atom is 0.225 e. The van der Waals surface area contributed by atoms with Gasteiger partial charge in [0.2, 0.25) is 16.9 Å². The summed E-state index contributed by atoms with van der Waals surface area (Å²) >= 11 is 2.90. The fourth-order valence-corrected chi connectivity index (χ4v) is 3.77. The van der Waals surface area contributed by atoms with Gasteiger partial charge in [0.25, 0.3) is 0 Å². The Kier molecular flexibility index (Phi) is 6.71. The minimum atomic E-state index is -0.161.